The Morgan fingerprint density at radius 1 is 1.08 bits per heavy atom. The summed E-state index contributed by atoms with van der Waals surface area (Å²) in [5, 5.41) is 12.4. The summed E-state index contributed by atoms with van der Waals surface area (Å²) in [5.74, 6) is 0.968. The van der Waals surface area contributed by atoms with Crippen molar-refractivity contribution in [1.82, 2.24) is 14.5 Å². The largest absolute Gasteiger partial charge is 0.396 e. The van der Waals surface area contributed by atoms with Crippen LogP contribution in [0.4, 0.5) is 5.69 Å². The SMILES string of the molecule is CCCCCn1c(-c2ccccc2)nc2c(NCCCO)ccnc21. The van der Waals surface area contributed by atoms with Crippen LogP contribution in [0.15, 0.2) is 42.6 Å². The van der Waals surface area contributed by atoms with Gasteiger partial charge in [0.1, 0.15) is 11.3 Å². The minimum Gasteiger partial charge on any atom is -0.396 e. The number of benzene rings is 1. The van der Waals surface area contributed by atoms with Crippen LogP contribution in [-0.2, 0) is 6.54 Å². The zero-order chi connectivity index (χ0) is 17.5. The lowest BCUT2D eigenvalue weighted by atomic mass is 10.2. The van der Waals surface area contributed by atoms with E-state index < -0.39 is 0 Å². The molecule has 0 atom stereocenters. The predicted molar refractivity (Wildman–Crippen MR) is 103 cm³/mol. The molecular weight excluding hydrogens is 312 g/mol. The van der Waals surface area contributed by atoms with Crippen molar-refractivity contribution in [3.8, 4) is 11.4 Å². The molecule has 0 unspecified atom stereocenters. The van der Waals surface area contributed by atoms with Crippen LogP contribution in [0.25, 0.3) is 22.6 Å². The Bertz CT molecular complexity index is 798. The summed E-state index contributed by atoms with van der Waals surface area (Å²) in [6.07, 6.45) is 6.05. The second-order valence-corrected chi connectivity index (χ2v) is 6.19. The van der Waals surface area contributed by atoms with Gasteiger partial charge in [0.2, 0.25) is 0 Å². The molecule has 3 aromatic rings. The molecular formula is C20H26N4O. The lowest BCUT2D eigenvalue weighted by molar-refractivity contribution is 0.292. The molecule has 2 N–H and O–H groups in total. The Hall–Kier alpha value is -2.40. The van der Waals surface area contributed by atoms with E-state index in [1.807, 2.05) is 30.5 Å². The first kappa shape index (κ1) is 17.4. The molecule has 5 nitrogen and oxygen atoms in total. The van der Waals surface area contributed by atoms with Crippen LogP contribution in [0.5, 0.6) is 0 Å². The maximum atomic E-state index is 9.00. The summed E-state index contributed by atoms with van der Waals surface area (Å²) >= 11 is 0. The molecule has 0 spiro atoms. The number of hydrogen-bond donors (Lipinski definition) is 2. The van der Waals surface area contributed by atoms with E-state index in [0.29, 0.717) is 6.42 Å². The highest BCUT2D eigenvalue weighted by Crippen LogP contribution is 2.28. The van der Waals surface area contributed by atoms with Gasteiger partial charge in [-0.25, -0.2) is 9.97 Å². The Labute approximate surface area is 148 Å². The maximum absolute atomic E-state index is 9.00. The molecule has 132 valence electrons. The highest BCUT2D eigenvalue weighted by Gasteiger charge is 2.15. The van der Waals surface area contributed by atoms with Gasteiger partial charge in [-0.15, -0.1) is 0 Å². The first-order valence-electron chi connectivity index (χ1n) is 9.10. The number of aliphatic hydroxyl groups excluding tert-OH is 1. The molecule has 0 bridgehead atoms. The summed E-state index contributed by atoms with van der Waals surface area (Å²) < 4.78 is 2.23. The molecule has 0 aliphatic rings. The van der Waals surface area contributed by atoms with Gasteiger partial charge in [0.15, 0.2) is 5.65 Å². The van der Waals surface area contributed by atoms with Crippen molar-refractivity contribution in [2.24, 2.45) is 0 Å². The van der Waals surface area contributed by atoms with E-state index in [2.05, 4.69) is 33.9 Å². The van der Waals surface area contributed by atoms with Gasteiger partial charge in [-0.2, -0.15) is 0 Å². The molecule has 25 heavy (non-hydrogen) atoms. The zero-order valence-electron chi connectivity index (χ0n) is 14.8. The average molecular weight is 338 g/mol. The lowest BCUT2D eigenvalue weighted by Crippen LogP contribution is -2.05. The minimum atomic E-state index is 0.182. The lowest BCUT2D eigenvalue weighted by Gasteiger charge is -2.09. The van der Waals surface area contributed by atoms with E-state index in [4.69, 9.17) is 10.1 Å². The van der Waals surface area contributed by atoms with Gasteiger partial charge in [0.05, 0.1) is 5.69 Å². The molecule has 0 radical (unpaired) electrons. The number of aliphatic hydroxyl groups is 1. The van der Waals surface area contributed by atoms with Gasteiger partial charge >= 0.3 is 0 Å². The second kappa shape index (κ2) is 8.62. The summed E-state index contributed by atoms with van der Waals surface area (Å²) in [6, 6.07) is 12.2. The highest BCUT2D eigenvalue weighted by molar-refractivity contribution is 5.88. The van der Waals surface area contributed by atoms with Crippen molar-refractivity contribution in [2.45, 2.75) is 39.2 Å². The van der Waals surface area contributed by atoms with Crippen LogP contribution in [0.1, 0.15) is 32.6 Å². The smallest absolute Gasteiger partial charge is 0.162 e. The van der Waals surface area contributed by atoms with Crippen molar-refractivity contribution in [3.63, 3.8) is 0 Å². The molecule has 0 fully saturated rings. The van der Waals surface area contributed by atoms with Crippen molar-refractivity contribution < 1.29 is 5.11 Å². The van der Waals surface area contributed by atoms with Crippen LogP contribution in [0.3, 0.4) is 0 Å². The van der Waals surface area contributed by atoms with Crippen LogP contribution in [-0.4, -0.2) is 32.8 Å². The Morgan fingerprint density at radius 3 is 2.68 bits per heavy atom. The monoisotopic (exact) mass is 338 g/mol. The van der Waals surface area contributed by atoms with Gasteiger partial charge < -0.3 is 15.0 Å². The number of pyridine rings is 1. The van der Waals surface area contributed by atoms with Crippen LogP contribution < -0.4 is 5.32 Å². The van der Waals surface area contributed by atoms with Gasteiger partial charge in [0, 0.05) is 31.5 Å². The summed E-state index contributed by atoms with van der Waals surface area (Å²) in [6.45, 7) is 4.04. The molecule has 0 amide bonds. The first-order chi connectivity index (χ1) is 12.3. The Morgan fingerprint density at radius 2 is 1.92 bits per heavy atom. The average Bonchev–Trinajstić information content (AvgIpc) is 3.03. The van der Waals surface area contributed by atoms with Crippen LogP contribution >= 0.6 is 0 Å². The van der Waals surface area contributed by atoms with E-state index in [9.17, 15) is 0 Å². The molecule has 3 rings (SSSR count). The number of nitrogens with one attached hydrogen (secondary N) is 1. The van der Waals surface area contributed by atoms with E-state index in [0.717, 1.165) is 47.7 Å². The van der Waals surface area contributed by atoms with Gasteiger partial charge in [0.25, 0.3) is 0 Å². The Kier molecular flexibility index (Phi) is 6.01. The molecule has 5 heteroatoms. The fourth-order valence-electron chi connectivity index (χ4n) is 3.00. The van der Waals surface area contributed by atoms with E-state index >= 15 is 0 Å². The van der Waals surface area contributed by atoms with E-state index in [1.165, 1.54) is 12.8 Å². The van der Waals surface area contributed by atoms with Crippen molar-refractivity contribution in [2.75, 3.05) is 18.5 Å². The Balaban J connectivity index is 2.03. The summed E-state index contributed by atoms with van der Waals surface area (Å²) in [5.41, 5.74) is 3.91. The molecule has 1 aromatic carbocycles. The number of aromatic nitrogens is 3. The quantitative estimate of drug-likeness (QED) is 0.577. The molecule has 2 aromatic heterocycles. The number of aryl methyl sites for hydroxylation is 1. The number of unbranched alkanes of at least 4 members (excludes halogenated alkanes) is 2. The number of nitrogens with zero attached hydrogens (tertiary/aromatic N) is 3. The third kappa shape index (κ3) is 3.99. The molecule has 2 heterocycles. The molecule has 0 aliphatic carbocycles. The number of fused-ring (bicyclic) bond motifs is 1. The molecule has 0 saturated carbocycles. The normalized spacial score (nSPS) is 11.1. The number of anilines is 1. The zero-order valence-corrected chi connectivity index (χ0v) is 14.8. The van der Waals surface area contributed by atoms with Crippen molar-refractivity contribution in [3.05, 3.63) is 42.6 Å². The van der Waals surface area contributed by atoms with Crippen LogP contribution in [0, 0.1) is 0 Å². The maximum Gasteiger partial charge on any atom is 0.162 e. The minimum absolute atomic E-state index is 0.182. The third-order valence-corrected chi connectivity index (χ3v) is 4.30. The number of hydrogen-bond acceptors (Lipinski definition) is 4. The van der Waals surface area contributed by atoms with E-state index in [1.54, 1.807) is 0 Å². The number of imidazole rings is 1. The summed E-state index contributed by atoms with van der Waals surface area (Å²) in [4.78, 5) is 9.52. The standard InChI is InChI=1S/C20H26N4O/c1-2-3-7-14-24-19(16-9-5-4-6-10-16)23-18-17(21-12-8-15-25)11-13-22-20(18)24/h4-6,9-11,13,25H,2-3,7-8,12,14-15H2,1H3,(H,21,22). The van der Waals surface area contributed by atoms with Crippen LogP contribution in [0.2, 0.25) is 0 Å². The topological polar surface area (TPSA) is 63.0 Å². The predicted octanol–water partition coefficient (Wildman–Crippen LogP) is 4.08. The van der Waals surface area contributed by atoms with Crippen molar-refractivity contribution in [1.29, 1.82) is 0 Å². The number of rotatable bonds is 9. The summed E-state index contributed by atoms with van der Waals surface area (Å²) in [7, 11) is 0. The molecule has 0 aliphatic heterocycles. The second-order valence-electron chi connectivity index (χ2n) is 6.19. The van der Waals surface area contributed by atoms with Gasteiger partial charge in [-0.3, -0.25) is 0 Å². The fraction of sp³-hybridized carbons (Fsp3) is 0.400. The molecule has 0 saturated heterocycles. The van der Waals surface area contributed by atoms with Crippen molar-refractivity contribution >= 4 is 16.9 Å². The first-order valence-corrected chi connectivity index (χ1v) is 9.10. The van der Waals surface area contributed by atoms with Gasteiger partial charge in [-0.05, 0) is 18.9 Å². The van der Waals surface area contributed by atoms with E-state index in [-0.39, 0.29) is 6.61 Å². The van der Waals surface area contributed by atoms with Gasteiger partial charge in [-0.1, -0.05) is 50.1 Å². The third-order valence-electron chi connectivity index (χ3n) is 4.30. The highest BCUT2D eigenvalue weighted by atomic mass is 16.3. The fourth-order valence-corrected chi connectivity index (χ4v) is 3.00.